The van der Waals surface area contributed by atoms with Crippen LogP contribution in [0.1, 0.15) is 107 Å². The van der Waals surface area contributed by atoms with E-state index >= 15 is 0 Å². The van der Waals surface area contributed by atoms with Crippen LogP contribution in [0, 0.1) is 23.7 Å². The lowest BCUT2D eigenvalue weighted by Crippen LogP contribution is -2.31. The smallest absolute Gasteiger partial charge is 0.405 e. The van der Waals surface area contributed by atoms with Crippen LogP contribution >= 0.6 is 0 Å². The summed E-state index contributed by atoms with van der Waals surface area (Å²) in [6, 6.07) is 6.17. The molecular weight excluding hydrogens is 569 g/mol. The molecule has 2 unspecified atom stereocenters. The molecule has 232 valence electrons. The predicted octanol–water partition coefficient (Wildman–Crippen LogP) is 7.48. The topological polar surface area (TPSA) is 98.5 Å². The van der Waals surface area contributed by atoms with Crippen molar-refractivity contribution in [2.75, 3.05) is 0 Å². The Hall–Kier alpha value is -2.56. The normalized spacial score (nSPS) is 26.1. The number of amides is 1. The summed E-state index contributed by atoms with van der Waals surface area (Å²) in [5.41, 5.74) is 1.72. The second-order valence-corrected chi connectivity index (χ2v) is 13.2. The molecule has 3 saturated carbocycles. The van der Waals surface area contributed by atoms with E-state index in [0.717, 1.165) is 101 Å². The summed E-state index contributed by atoms with van der Waals surface area (Å²) in [7, 11) is -2.91. The van der Waals surface area contributed by atoms with Crippen LogP contribution in [-0.4, -0.2) is 25.8 Å². The van der Waals surface area contributed by atoms with E-state index in [2.05, 4.69) is 14.6 Å². The lowest BCUT2D eigenvalue weighted by Gasteiger charge is -2.33. The largest absolute Gasteiger partial charge is 0.573 e. The van der Waals surface area contributed by atoms with Gasteiger partial charge >= 0.3 is 6.36 Å². The highest BCUT2D eigenvalue weighted by Gasteiger charge is 2.36. The van der Waals surface area contributed by atoms with Gasteiger partial charge in [-0.2, -0.15) is 0 Å². The number of rotatable bonds is 8. The Balaban J connectivity index is 1.26. The molecule has 5 rings (SSSR count). The van der Waals surface area contributed by atoms with Crippen LogP contribution in [0.2, 0.25) is 0 Å². The fraction of sp³-hybridized carbons (Fsp3) is 0.677. The van der Waals surface area contributed by atoms with Crippen LogP contribution in [0.15, 0.2) is 28.8 Å². The molecule has 1 amide bonds. The van der Waals surface area contributed by atoms with E-state index in [0.29, 0.717) is 29.0 Å². The van der Waals surface area contributed by atoms with Crippen LogP contribution in [0.25, 0.3) is 11.3 Å². The number of benzene rings is 1. The number of ether oxygens (including phenoxy) is 1. The Labute approximate surface area is 247 Å². The monoisotopic (exact) mass is 610 g/mol. The third-order valence-electron chi connectivity index (χ3n) is 9.50. The van der Waals surface area contributed by atoms with E-state index in [1.165, 1.54) is 18.6 Å². The number of nitrogens with zero attached hydrogens (tertiary/aromatic N) is 1. The van der Waals surface area contributed by atoms with Gasteiger partial charge in [0.05, 0.1) is 0 Å². The van der Waals surface area contributed by atoms with Crippen molar-refractivity contribution in [1.82, 2.24) is 9.88 Å². The molecule has 3 fully saturated rings. The van der Waals surface area contributed by atoms with Gasteiger partial charge in [0, 0.05) is 23.0 Å². The molecule has 0 spiro atoms. The zero-order chi connectivity index (χ0) is 29.7. The second-order valence-electron chi connectivity index (χ2n) is 12.4. The van der Waals surface area contributed by atoms with E-state index in [-0.39, 0.29) is 23.5 Å². The number of carbonyl (C=O) groups is 1. The number of thiol groups is 1. The SMILES string of the molecule is O=C(N[SH](=O)=O)C1CCCC(C2CCCCC(Cc3c(-c4ccccc4OC(F)(F)F)noc3C3CC3)CC2)CCC1. The molecule has 7 nitrogen and oxygen atoms in total. The zero-order valence-electron chi connectivity index (χ0n) is 23.9. The molecule has 2 aromatic rings. The molecular formula is C31H41F3N2O5S. The fourth-order valence-corrected chi connectivity index (χ4v) is 7.63. The third-order valence-corrected chi connectivity index (χ3v) is 9.91. The average molecular weight is 611 g/mol. The van der Waals surface area contributed by atoms with Crippen LogP contribution in [0.5, 0.6) is 5.75 Å². The Kier molecular flexibility index (Phi) is 10.2. The number of alkyl halides is 3. The lowest BCUT2D eigenvalue weighted by atomic mass is 9.73. The highest BCUT2D eigenvalue weighted by atomic mass is 32.2. The molecule has 1 aromatic heterocycles. The first-order valence-corrected chi connectivity index (χ1v) is 16.6. The van der Waals surface area contributed by atoms with Crippen molar-refractivity contribution < 1.29 is 35.6 Å². The highest BCUT2D eigenvalue weighted by molar-refractivity contribution is 7.71. The summed E-state index contributed by atoms with van der Waals surface area (Å²) in [5, 5.41) is 4.30. The van der Waals surface area contributed by atoms with Gasteiger partial charge in [-0.15, -0.1) is 13.2 Å². The van der Waals surface area contributed by atoms with E-state index in [1.807, 2.05) is 0 Å². The van der Waals surface area contributed by atoms with Gasteiger partial charge in [-0.05, 0) is 74.8 Å². The number of para-hydroxylation sites is 1. The van der Waals surface area contributed by atoms with Crippen molar-refractivity contribution in [3.63, 3.8) is 0 Å². The van der Waals surface area contributed by atoms with E-state index in [4.69, 9.17) is 4.52 Å². The van der Waals surface area contributed by atoms with Gasteiger partial charge in [-0.1, -0.05) is 68.7 Å². The molecule has 3 aliphatic carbocycles. The maximum atomic E-state index is 13.2. The minimum Gasteiger partial charge on any atom is -0.405 e. The third kappa shape index (κ3) is 8.29. The zero-order valence-corrected chi connectivity index (χ0v) is 24.8. The number of carbonyl (C=O) groups excluding carboxylic acids is 1. The van der Waals surface area contributed by atoms with Crippen molar-refractivity contribution in [2.24, 2.45) is 23.7 Å². The quantitative estimate of drug-likeness (QED) is 0.301. The van der Waals surface area contributed by atoms with Gasteiger partial charge in [0.2, 0.25) is 16.8 Å². The van der Waals surface area contributed by atoms with Crippen molar-refractivity contribution >= 4 is 16.8 Å². The minimum atomic E-state index is -4.80. The maximum Gasteiger partial charge on any atom is 0.573 e. The van der Waals surface area contributed by atoms with Crippen molar-refractivity contribution in [3.8, 4) is 17.0 Å². The molecule has 0 aliphatic heterocycles. The van der Waals surface area contributed by atoms with Crippen molar-refractivity contribution in [1.29, 1.82) is 0 Å². The number of hydrogen-bond acceptors (Lipinski definition) is 6. The van der Waals surface area contributed by atoms with Gasteiger partial charge < -0.3 is 9.26 Å². The average Bonchev–Trinajstić information content (AvgIpc) is 3.65. The summed E-state index contributed by atoms with van der Waals surface area (Å²) in [6.45, 7) is 0. The van der Waals surface area contributed by atoms with Crippen LogP contribution in [0.4, 0.5) is 13.2 Å². The standard InChI is InChI=1S/C31H41F3N2O5S/c32-31(33,34)40-27-14-4-3-13-25(27)28-26(29(41-35-28)23-17-18-23)19-20-7-1-2-8-22(16-15-20)21-9-5-11-24(12-6-10-21)30(37)36-42(38)39/h3-4,13-14,20-24,42H,1-2,5-12,15-19H2,(H,36,37,38,39). The molecule has 1 heterocycles. The van der Waals surface area contributed by atoms with Gasteiger partial charge in [0.25, 0.3) is 0 Å². The van der Waals surface area contributed by atoms with Crippen molar-refractivity contribution in [3.05, 3.63) is 35.6 Å². The van der Waals surface area contributed by atoms with Crippen LogP contribution < -0.4 is 9.46 Å². The molecule has 1 aromatic carbocycles. The first kappa shape index (κ1) is 30.9. The number of aromatic nitrogens is 1. The first-order chi connectivity index (χ1) is 20.2. The highest BCUT2D eigenvalue weighted by Crippen LogP contribution is 2.47. The molecule has 11 heteroatoms. The Bertz CT molecular complexity index is 1270. The summed E-state index contributed by atoms with van der Waals surface area (Å²) < 4.78 is 73.6. The first-order valence-electron chi connectivity index (χ1n) is 15.5. The van der Waals surface area contributed by atoms with Crippen LogP contribution in [0.3, 0.4) is 0 Å². The van der Waals surface area contributed by atoms with Crippen LogP contribution in [-0.2, 0) is 22.1 Å². The molecule has 1 N–H and O–H groups in total. The number of nitrogens with one attached hydrogen (secondary N) is 1. The van der Waals surface area contributed by atoms with Gasteiger partial charge in [0.15, 0.2) is 0 Å². The Morgan fingerprint density at radius 1 is 0.905 bits per heavy atom. The van der Waals surface area contributed by atoms with E-state index in [9.17, 15) is 26.4 Å². The Morgan fingerprint density at radius 3 is 2.26 bits per heavy atom. The van der Waals surface area contributed by atoms with Crippen molar-refractivity contribution in [2.45, 2.75) is 109 Å². The maximum absolute atomic E-state index is 13.2. The molecule has 3 aliphatic rings. The van der Waals surface area contributed by atoms with Gasteiger partial charge in [-0.25, -0.2) is 8.42 Å². The molecule has 42 heavy (non-hydrogen) atoms. The Morgan fingerprint density at radius 2 is 1.57 bits per heavy atom. The summed E-state index contributed by atoms with van der Waals surface area (Å²) in [4.78, 5) is 12.2. The molecule has 0 radical (unpaired) electrons. The number of hydrogen-bond donors (Lipinski definition) is 2. The van der Waals surface area contributed by atoms with Gasteiger partial charge in [0.1, 0.15) is 17.2 Å². The fourth-order valence-electron chi connectivity index (χ4n) is 7.27. The second kappa shape index (κ2) is 13.8. The van der Waals surface area contributed by atoms with E-state index in [1.54, 1.807) is 12.1 Å². The molecule has 0 saturated heterocycles. The number of halogens is 3. The lowest BCUT2D eigenvalue weighted by molar-refractivity contribution is -0.274. The van der Waals surface area contributed by atoms with E-state index < -0.39 is 17.3 Å². The summed E-state index contributed by atoms with van der Waals surface area (Å²) in [5.74, 6) is 1.86. The molecule has 0 bridgehead atoms. The summed E-state index contributed by atoms with van der Waals surface area (Å²) in [6.07, 6.45) is 10.1. The van der Waals surface area contributed by atoms with Gasteiger partial charge in [-0.3, -0.25) is 9.52 Å². The summed E-state index contributed by atoms with van der Waals surface area (Å²) >= 11 is 0. The minimum absolute atomic E-state index is 0.231. The molecule has 2 atom stereocenters. The predicted molar refractivity (Wildman–Crippen MR) is 152 cm³/mol.